The predicted octanol–water partition coefficient (Wildman–Crippen LogP) is 1.01. The maximum Gasteiger partial charge on any atom is 0.184 e. The van der Waals surface area contributed by atoms with Crippen LogP contribution in [0, 0.1) is 0 Å². The lowest BCUT2D eigenvalue weighted by Crippen LogP contribution is -2.48. The SMILES string of the molecule is OC[C@H]1C[C@H](F)[C@H](OCc2ccccc2)[C@@H](O)O1. The van der Waals surface area contributed by atoms with Gasteiger partial charge in [-0.3, -0.25) is 0 Å². The fourth-order valence-corrected chi connectivity index (χ4v) is 1.97. The summed E-state index contributed by atoms with van der Waals surface area (Å²) in [5.74, 6) is 0. The Balaban J connectivity index is 1.89. The van der Waals surface area contributed by atoms with Crippen LogP contribution in [0.4, 0.5) is 4.39 Å². The molecule has 0 bridgehead atoms. The summed E-state index contributed by atoms with van der Waals surface area (Å²) in [6.07, 6.45) is -4.31. The van der Waals surface area contributed by atoms with Crippen LogP contribution in [0.25, 0.3) is 0 Å². The monoisotopic (exact) mass is 256 g/mol. The molecule has 2 N–H and O–H groups in total. The average Bonchev–Trinajstić information content (AvgIpc) is 2.38. The summed E-state index contributed by atoms with van der Waals surface area (Å²) in [6, 6.07) is 9.33. The molecule has 1 heterocycles. The van der Waals surface area contributed by atoms with Crippen molar-refractivity contribution < 1.29 is 24.1 Å². The summed E-state index contributed by atoms with van der Waals surface area (Å²) in [6.45, 7) is -0.0843. The van der Waals surface area contributed by atoms with E-state index < -0.39 is 24.7 Å². The number of halogens is 1. The zero-order chi connectivity index (χ0) is 13.0. The van der Waals surface area contributed by atoms with Crippen LogP contribution in [-0.2, 0) is 16.1 Å². The van der Waals surface area contributed by atoms with Crippen molar-refractivity contribution in [1.82, 2.24) is 0 Å². The van der Waals surface area contributed by atoms with Gasteiger partial charge >= 0.3 is 0 Å². The number of alkyl halides is 1. The molecule has 4 nitrogen and oxygen atoms in total. The summed E-state index contributed by atoms with van der Waals surface area (Å²) < 4.78 is 24.2. The lowest BCUT2D eigenvalue weighted by Gasteiger charge is -2.35. The van der Waals surface area contributed by atoms with Crippen molar-refractivity contribution in [3.05, 3.63) is 35.9 Å². The molecule has 1 aliphatic heterocycles. The average molecular weight is 256 g/mol. The third-order valence-electron chi connectivity index (χ3n) is 2.95. The molecular weight excluding hydrogens is 239 g/mol. The van der Waals surface area contributed by atoms with Crippen molar-refractivity contribution in [2.24, 2.45) is 0 Å². The van der Waals surface area contributed by atoms with E-state index in [4.69, 9.17) is 14.6 Å². The second-order valence-corrected chi connectivity index (χ2v) is 4.34. The second-order valence-electron chi connectivity index (χ2n) is 4.34. The Kier molecular flexibility index (Phi) is 4.66. The highest BCUT2D eigenvalue weighted by Gasteiger charge is 2.38. The van der Waals surface area contributed by atoms with Gasteiger partial charge in [-0.2, -0.15) is 0 Å². The Bertz CT molecular complexity index is 347. The van der Waals surface area contributed by atoms with Gasteiger partial charge in [-0.25, -0.2) is 4.39 Å². The highest BCUT2D eigenvalue weighted by Crippen LogP contribution is 2.24. The number of hydrogen-bond acceptors (Lipinski definition) is 4. The fourth-order valence-electron chi connectivity index (χ4n) is 1.97. The highest BCUT2D eigenvalue weighted by molar-refractivity contribution is 5.13. The van der Waals surface area contributed by atoms with Crippen LogP contribution in [0.15, 0.2) is 30.3 Å². The van der Waals surface area contributed by atoms with Crippen molar-refractivity contribution in [3.8, 4) is 0 Å². The molecular formula is C13H17FO4. The predicted molar refractivity (Wildman–Crippen MR) is 62.5 cm³/mol. The van der Waals surface area contributed by atoms with Gasteiger partial charge in [0, 0.05) is 6.42 Å². The molecule has 0 amide bonds. The van der Waals surface area contributed by atoms with Gasteiger partial charge in [-0.05, 0) is 5.56 Å². The fraction of sp³-hybridized carbons (Fsp3) is 0.538. The molecule has 18 heavy (non-hydrogen) atoms. The van der Waals surface area contributed by atoms with E-state index in [9.17, 15) is 9.50 Å². The van der Waals surface area contributed by atoms with E-state index in [-0.39, 0.29) is 19.6 Å². The van der Waals surface area contributed by atoms with E-state index >= 15 is 0 Å². The quantitative estimate of drug-likeness (QED) is 0.844. The van der Waals surface area contributed by atoms with Gasteiger partial charge in [-0.1, -0.05) is 30.3 Å². The Morgan fingerprint density at radius 2 is 2.06 bits per heavy atom. The molecule has 0 aliphatic carbocycles. The third-order valence-corrected chi connectivity index (χ3v) is 2.95. The first-order chi connectivity index (χ1) is 8.70. The van der Waals surface area contributed by atoms with E-state index in [0.29, 0.717) is 0 Å². The van der Waals surface area contributed by atoms with E-state index in [1.165, 1.54) is 0 Å². The number of rotatable bonds is 4. The molecule has 0 aromatic heterocycles. The smallest absolute Gasteiger partial charge is 0.184 e. The van der Waals surface area contributed by atoms with E-state index in [2.05, 4.69) is 0 Å². The first-order valence-corrected chi connectivity index (χ1v) is 5.94. The maximum atomic E-state index is 13.8. The van der Waals surface area contributed by atoms with E-state index in [1.807, 2.05) is 30.3 Å². The first-order valence-electron chi connectivity index (χ1n) is 5.94. The van der Waals surface area contributed by atoms with Crippen LogP contribution in [0.1, 0.15) is 12.0 Å². The zero-order valence-corrected chi connectivity index (χ0v) is 9.91. The molecule has 1 saturated heterocycles. The van der Waals surface area contributed by atoms with Crippen molar-refractivity contribution >= 4 is 0 Å². The van der Waals surface area contributed by atoms with Crippen molar-refractivity contribution in [3.63, 3.8) is 0 Å². The van der Waals surface area contributed by atoms with Gasteiger partial charge in [0.2, 0.25) is 0 Å². The van der Waals surface area contributed by atoms with Crippen LogP contribution < -0.4 is 0 Å². The lowest BCUT2D eigenvalue weighted by atomic mass is 10.0. The summed E-state index contributed by atoms with van der Waals surface area (Å²) in [5.41, 5.74) is 0.904. The van der Waals surface area contributed by atoms with Crippen molar-refractivity contribution in [2.75, 3.05) is 6.61 Å². The largest absolute Gasteiger partial charge is 0.394 e. The summed E-state index contributed by atoms with van der Waals surface area (Å²) in [5, 5.41) is 18.5. The van der Waals surface area contributed by atoms with Gasteiger partial charge in [0.05, 0.1) is 19.3 Å². The third kappa shape index (κ3) is 3.26. The molecule has 1 aromatic carbocycles. The van der Waals surface area contributed by atoms with Crippen LogP contribution in [0.3, 0.4) is 0 Å². The van der Waals surface area contributed by atoms with Gasteiger partial charge in [0.25, 0.3) is 0 Å². The van der Waals surface area contributed by atoms with Gasteiger partial charge in [0.15, 0.2) is 6.29 Å². The molecule has 0 saturated carbocycles. The molecule has 0 radical (unpaired) electrons. The highest BCUT2D eigenvalue weighted by atomic mass is 19.1. The Labute approximate surface area is 105 Å². The normalized spacial score (nSPS) is 32.4. The summed E-state index contributed by atoms with van der Waals surface area (Å²) in [4.78, 5) is 0. The van der Waals surface area contributed by atoms with Crippen LogP contribution in [0.2, 0.25) is 0 Å². The molecule has 0 spiro atoms. The van der Waals surface area contributed by atoms with Crippen molar-refractivity contribution in [1.29, 1.82) is 0 Å². The minimum Gasteiger partial charge on any atom is -0.394 e. The molecule has 4 atom stereocenters. The number of benzene rings is 1. The minimum atomic E-state index is -1.34. The molecule has 100 valence electrons. The van der Waals surface area contributed by atoms with E-state index in [1.54, 1.807) is 0 Å². The summed E-state index contributed by atoms with van der Waals surface area (Å²) in [7, 11) is 0. The van der Waals surface area contributed by atoms with Crippen LogP contribution in [-0.4, -0.2) is 41.5 Å². The summed E-state index contributed by atoms with van der Waals surface area (Å²) >= 11 is 0. The Morgan fingerprint density at radius 1 is 1.33 bits per heavy atom. The number of aliphatic hydroxyl groups is 2. The number of aliphatic hydroxyl groups excluding tert-OH is 2. The Morgan fingerprint density at radius 3 is 2.67 bits per heavy atom. The molecule has 5 heteroatoms. The standard InChI is InChI=1S/C13H17FO4/c14-11-6-10(7-15)18-13(16)12(11)17-8-9-4-2-1-3-5-9/h1-5,10-13,15-16H,6-8H2/t10-,11+,12+,13+/m1/s1. The van der Waals surface area contributed by atoms with Gasteiger partial charge in [0.1, 0.15) is 12.3 Å². The molecule has 1 fully saturated rings. The Hall–Kier alpha value is -1.01. The molecule has 2 rings (SSSR count). The molecule has 0 unspecified atom stereocenters. The maximum absolute atomic E-state index is 13.8. The van der Waals surface area contributed by atoms with Gasteiger partial charge < -0.3 is 19.7 Å². The lowest BCUT2D eigenvalue weighted by molar-refractivity contribution is -0.256. The van der Waals surface area contributed by atoms with Gasteiger partial charge in [-0.15, -0.1) is 0 Å². The second kappa shape index (κ2) is 6.24. The number of ether oxygens (including phenoxy) is 2. The zero-order valence-electron chi connectivity index (χ0n) is 9.91. The first kappa shape index (κ1) is 13.4. The van der Waals surface area contributed by atoms with Crippen LogP contribution >= 0.6 is 0 Å². The van der Waals surface area contributed by atoms with Crippen molar-refractivity contribution in [2.45, 2.75) is 37.7 Å². The molecule has 1 aliphatic rings. The van der Waals surface area contributed by atoms with E-state index in [0.717, 1.165) is 5.56 Å². The minimum absolute atomic E-state index is 0.0347. The van der Waals surface area contributed by atoms with Crippen LogP contribution in [0.5, 0.6) is 0 Å². The number of hydrogen-bond donors (Lipinski definition) is 2. The topological polar surface area (TPSA) is 58.9 Å². The molecule has 1 aromatic rings.